The molecule has 0 spiro atoms. The highest BCUT2D eigenvalue weighted by Gasteiger charge is 2.29. The lowest BCUT2D eigenvalue weighted by Crippen LogP contribution is -2.20. The van der Waals surface area contributed by atoms with E-state index in [1.807, 2.05) is 0 Å². The number of hydrogen-bond donors (Lipinski definition) is 1. The largest absolute Gasteiger partial charge is 0.476 e. The average Bonchev–Trinajstić information content (AvgIpc) is 2.97. The fourth-order valence-electron chi connectivity index (χ4n) is 2.17. The molecule has 0 aromatic heterocycles. The van der Waals surface area contributed by atoms with Gasteiger partial charge < -0.3 is 14.6 Å². The molecular formula is C16H9Cl2FO4. The van der Waals surface area contributed by atoms with Crippen LogP contribution in [-0.4, -0.2) is 17.4 Å². The van der Waals surface area contributed by atoms with Crippen LogP contribution < -0.4 is 0 Å². The van der Waals surface area contributed by atoms with E-state index in [4.69, 9.17) is 37.8 Å². The standard InChI is InChI=1S/C16H9Cl2FO4/c17-10-2-1-3-11(18)14(10)8-4-5-9(12(19)6-8)13-7-22-16(23-13)15(20)21/h1-7,16H,(H,20,21). The molecule has 1 aliphatic rings. The van der Waals surface area contributed by atoms with Gasteiger partial charge in [0.2, 0.25) is 0 Å². The molecule has 1 aliphatic heterocycles. The van der Waals surface area contributed by atoms with Gasteiger partial charge in [-0.25, -0.2) is 9.18 Å². The Morgan fingerprint density at radius 1 is 1.17 bits per heavy atom. The normalized spacial score (nSPS) is 16.5. The highest BCUT2D eigenvalue weighted by atomic mass is 35.5. The van der Waals surface area contributed by atoms with Gasteiger partial charge in [-0.2, -0.15) is 0 Å². The van der Waals surface area contributed by atoms with Gasteiger partial charge in [-0.3, -0.25) is 0 Å². The van der Waals surface area contributed by atoms with Gasteiger partial charge >= 0.3 is 12.3 Å². The minimum Gasteiger partial charge on any atom is -0.476 e. The number of carbonyl (C=O) groups is 1. The van der Waals surface area contributed by atoms with Crippen molar-refractivity contribution in [2.24, 2.45) is 0 Å². The summed E-state index contributed by atoms with van der Waals surface area (Å²) in [6.07, 6.45) is -0.401. The molecule has 0 bridgehead atoms. The molecule has 3 rings (SSSR count). The zero-order valence-electron chi connectivity index (χ0n) is 11.4. The van der Waals surface area contributed by atoms with Gasteiger partial charge in [-0.05, 0) is 29.8 Å². The van der Waals surface area contributed by atoms with Gasteiger partial charge in [0.15, 0.2) is 5.76 Å². The van der Waals surface area contributed by atoms with Crippen LogP contribution in [0.5, 0.6) is 0 Å². The highest BCUT2D eigenvalue weighted by molar-refractivity contribution is 6.39. The summed E-state index contributed by atoms with van der Waals surface area (Å²) in [6.45, 7) is 0. The third-order valence-corrected chi connectivity index (χ3v) is 3.85. The van der Waals surface area contributed by atoms with Crippen LogP contribution in [0.15, 0.2) is 42.7 Å². The second-order valence-corrected chi connectivity index (χ2v) is 5.51. The van der Waals surface area contributed by atoms with Gasteiger partial charge in [0.1, 0.15) is 12.1 Å². The van der Waals surface area contributed by atoms with Gasteiger partial charge in [-0.15, -0.1) is 0 Å². The molecule has 0 saturated carbocycles. The van der Waals surface area contributed by atoms with Crippen LogP contribution in [0.25, 0.3) is 16.9 Å². The Balaban J connectivity index is 1.95. The molecule has 1 heterocycles. The summed E-state index contributed by atoms with van der Waals surface area (Å²) in [7, 11) is 0. The van der Waals surface area contributed by atoms with E-state index in [1.54, 1.807) is 24.3 Å². The summed E-state index contributed by atoms with van der Waals surface area (Å²) >= 11 is 12.2. The van der Waals surface area contributed by atoms with Gasteiger partial charge in [0, 0.05) is 15.6 Å². The van der Waals surface area contributed by atoms with Crippen LogP contribution in [0.4, 0.5) is 4.39 Å². The molecule has 0 amide bonds. The predicted molar refractivity (Wildman–Crippen MR) is 83.4 cm³/mol. The van der Waals surface area contributed by atoms with Crippen molar-refractivity contribution in [2.75, 3.05) is 0 Å². The van der Waals surface area contributed by atoms with Gasteiger partial charge in [0.05, 0.1) is 5.56 Å². The first-order chi connectivity index (χ1) is 11.0. The Labute approximate surface area is 140 Å². The van der Waals surface area contributed by atoms with Crippen LogP contribution in [0, 0.1) is 5.82 Å². The molecule has 2 aromatic rings. The molecule has 1 N–H and O–H groups in total. The number of carboxylic acid groups (broad SMARTS) is 1. The summed E-state index contributed by atoms with van der Waals surface area (Å²) in [5.41, 5.74) is 1.10. The number of rotatable bonds is 3. The molecule has 1 unspecified atom stereocenters. The zero-order chi connectivity index (χ0) is 16.6. The van der Waals surface area contributed by atoms with Crippen LogP contribution in [0.2, 0.25) is 10.0 Å². The van der Waals surface area contributed by atoms with E-state index in [1.165, 1.54) is 12.1 Å². The number of halogens is 3. The van der Waals surface area contributed by atoms with Crippen LogP contribution in [0.3, 0.4) is 0 Å². The molecule has 1 atom stereocenters. The minimum absolute atomic E-state index is 0.00621. The van der Waals surface area contributed by atoms with E-state index in [2.05, 4.69) is 0 Å². The van der Waals surface area contributed by atoms with E-state index < -0.39 is 18.1 Å². The highest BCUT2D eigenvalue weighted by Crippen LogP contribution is 2.36. The quantitative estimate of drug-likeness (QED) is 0.877. The molecule has 7 heteroatoms. The van der Waals surface area contributed by atoms with Crippen molar-refractivity contribution in [3.63, 3.8) is 0 Å². The SMILES string of the molecule is O=C(O)C1OC=C(c2ccc(-c3c(Cl)cccc3Cl)cc2F)O1. The number of aliphatic carboxylic acids is 1. The van der Waals surface area contributed by atoms with Crippen molar-refractivity contribution in [2.45, 2.75) is 6.29 Å². The Morgan fingerprint density at radius 2 is 1.87 bits per heavy atom. The summed E-state index contributed by atoms with van der Waals surface area (Å²) in [5, 5.41) is 9.59. The van der Waals surface area contributed by atoms with E-state index >= 15 is 0 Å². The van der Waals surface area contributed by atoms with Crippen molar-refractivity contribution < 1.29 is 23.8 Å². The molecule has 23 heavy (non-hydrogen) atoms. The van der Waals surface area contributed by atoms with Crippen molar-refractivity contribution in [3.8, 4) is 11.1 Å². The maximum Gasteiger partial charge on any atom is 0.387 e. The van der Waals surface area contributed by atoms with E-state index in [0.29, 0.717) is 21.2 Å². The van der Waals surface area contributed by atoms with E-state index in [-0.39, 0.29) is 11.3 Å². The van der Waals surface area contributed by atoms with Crippen LogP contribution in [0.1, 0.15) is 5.56 Å². The zero-order valence-corrected chi connectivity index (χ0v) is 12.9. The van der Waals surface area contributed by atoms with Crippen LogP contribution in [-0.2, 0) is 14.3 Å². The smallest absolute Gasteiger partial charge is 0.387 e. The van der Waals surface area contributed by atoms with Crippen molar-refractivity contribution in [1.29, 1.82) is 0 Å². The first-order valence-corrected chi connectivity index (χ1v) is 7.22. The molecular weight excluding hydrogens is 346 g/mol. The second kappa shape index (κ2) is 6.10. The van der Waals surface area contributed by atoms with Gasteiger partial charge in [0.25, 0.3) is 0 Å². The van der Waals surface area contributed by atoms with Crippen molar-refractivity contribution in [1.82, 2.24) is 0 Å². The fourth-order valence-corrected chi connectivity index (χ4v) is 2.79. The van der Waals surface area contributed by atoms with Gasteiger partial charge in [-0.1, -0.05) is 35.3 Å². The number of hydrogen-bond acceptors (Lipinski definition) is 3. The Bertz CT molecular complexity index is 799. The number of carboxylic acids is 1. The third kappa shape index (κ3) is 2.98. The lowest BCUT2D eigenvalue weighted by molar-refractivity contribution is -0.161. The first-order valence-electron chi connectivity index (χ1n) is 6.47. The van der Waals surface area contributed by atoms with Crippen molar-refractivity contribution >= 4 is 34.9 Å². The lowest BCUT2D eigenvalue weighted by atomic mass is 10.0. The molecule has 2 aromatic carbocycles. The first kappa shape index (κ1) is 15.6. The predicted octanol–water partition coefficient (Wildman–Crippen LogP) is 4.56. The number of ether oxygens (including phenoxy) is 2. The van der Waals surface area contributed by atoms with Crippen LogP contribution >= 0.6 is 23.2 Å². The Kier molecular flexibility index (Phi) is 4.15. The topological polar surface area (TPSA) is 55.8 Å². The maximum atomic E-state index is 14.4. The monoisotopic (exact) mass is 354 g/mol. The minimum atomic E-state index is -1.47. The summed E-state index contributed by atoms with van der Waals surface area (Å²) < 4.78 is 24.2. The molecule has 0 fully saturated rings. The van der Waals surface area contributed by atoms with E-state index in [9.17, 15) is 9.18 Å². The summed E-state index contributed by atoms with van der Waals surface area (Å²) in [4.78, 5) is 10.8. The summed E-state index contributed by atoms with van der Waals surface area (Å²) in [5.74, 6) is -1.90. The third-order valence-electron chi connectivity index (χ3n) is 3.22. The summed E-state index contributed by atoms with van der Waals surface area (Å²) in [6, 6.07) is 9.32. The lowest BCUT2D eigenvalue weighted by Gasteiger charge is -2.10. The second-order valence-electron chi connectivity index (χ2n) is 4.70. The Morgan fingerprint density at radius 3 is 2.43 bits per heavy atom. The van der Waals surface area contributed by atoms with E-state index in [0.717, 1.165) is 6.26 Å². The molecule has 0 saturated heterocycles. The molecule has 0 aliphatic carbocycles. The molecule has 4 nitrogen and oxygen atoms in total. The Hall–Kier alpha value is -2.24. The maximum absolute atomic E-state index is 14.4. The number of benzene rings is 2. The average molecular weight is 355 g/mol. The molecule has 0 radical (unpaired) electrons. The van der Waals surface area contributed by atoms with Crippen molar-refractivity contribution in [3.05, 3.63) is 64.1 Å². The fraction of sp³-hybridized carbons (Fsp3) is 0.0625. The molecule has 118 valence electrons.